The largest absolute Gasteiger partial charge is 0.510 e. The number of carbonyl (C=O) groups is 3. The smallest absolute Gasteiger partial charge is 0.255 e. The van der Waals surface area contributed by atoms with E-state index in [1.807, 2.05) is 6.92 Å². The molecule has 0 bridgehead atoms. The number of amides is 1. The number of rotatable bonds is 2. The molecule has 0 unspecified atom stereocenters. The molecule has 0 fully saturated rings. The van der Waals surface area contributed by atoms with Gasteiger partial charge >= 0.3 is 0 Å². The summed E-state index contributed by atoms with van der Waals surface area (Å²) in [5.41, 5.74) is 2.73. The van der Waals surface area contributed by atoms with Crippen molar-refractivity contribution in [3.05, 3.63) is 51.5 Å². The first-order valence-corrected chi connectivity index (χ1v) is 10.9. The molecule has 1 amide bonds. The Balaban J connectivity index is 1.96. The highest BCUT2D eigenvalue weighted by Gasteiger charge is 2.63. The summed E-state index contributed by atoms with van der Waals surface area (Å²) >= 11 is 0. The maximum absolute atomic E-state index is 13.5. The van der Waals surface area contributed by atoms with Crippen LogP contribution in [-0.4, -0.2) is 68.5 Å². The predicted molar refractivity (Wildman–Crippen MR) is 121 cm³/mol. The zero-order valence-electron chi connectivity index (χ0n) is 19.0. The molecule has 3 aliphatic carbocycles. The van der Waals surface area contributed by atoms with Gasteiger partial charge in [0.25, 0.3) is 5.91 Å². The maximum Gasteiger partial charge on any atom is 0.255 e. The molecule has 34 heavy (non-hydrogen) atoms. The number of Topliss-reactive ketones (excluding diaryl/α,β-unsaturated/α-hetero) is 2. The number of allylic oxidation sites excluding steroid dienone is 1. The molecule has 0 aliphatic heterocycles. The summed E-state index contributed by atoms with van der Waals surface area (Å²) < 4.78 is 0. The van der Waals surface area contributed by atoms with Crippen LogP contribution in [-0.2, 0) is 16.0 Å². The monoisotopic (exact) mass is 466 g/mol. The predicted octanol–water partition coefficient (Wildman–Crippen LogP) is 0.882. The normalized spacial score (nSPS) is 28.2. The highest BCUT2D eigenvalue weighted by molar-refractivity contribution is 6.24. The number of carbonyl (C=O) groups excluding carboxylic acids is 3. The summed E-state index contributed by atoms with van der Waals surface area (Å²) in [7, 11) is 3.17. The van der Waals surface area contributed by atoms with Crippen LogP contribution in [0.5, 0.6) is 5.75 Å². The van der Waals surface area contributed by atoms with Crippen LogP contribution < -0.4 is 5.73 Å². The van der Waals surface area contributed by atoms with E-state index in [0.717, 1.165) is 0 Å². The number of aliphatic hydroxyl groups excluding tert-OH is 2. The third-order valence-electron chi connectivity index (χ3n) is 7.01. The highest BCUT2D eigenvalue weighted by atomic mass is 16.3. The second-order valence-corrected chi connectivity index (χ2v) is 9.10. The van der Waals surface area contributed by atoms with Gasteiger partial charge in [0.15, 0.2) is 11.4 Å². The van der Waals surface area contributed by atoms with E-state index in [9.17, 15) is 34.8 Å². The van der Waals surface area contributed by atoms with Crippen LogP contribution in [0.2, 0.25) is 0 Å². The molecule has 0 spiro atoms. The molecular formula is C25H26N2O7. The van der Waals surface area contributed by atoms with E-state index >= 15 is 0 Å². The van der Waals surface area contributed by atoms with Crippen LogP contribution in [0.25, 0.3) is 0 Å². The lowest BCUT2D eigenvalue weighted by Gasteiger charge is -2.50. The molecule has 0 saturated heterocycles. The first kappa shape index (κ1) is 23.5. The van der Waals surface area contributed by atoms with Gasteiger partial charge in [0.1, 0.15) is 22.8 Å². The van der Waals surface area contributed by atoms with Gasteiger partial charge in [0, 0.05) is 23.5 Å². The number of primary amides is 1. The molecule has 178 valence electrons. The van der Waals surface area contributed by atoms with Gasteiger partial charge in [-0.1, -0.05) is 18.8 Å². The van der Waals surface area contributed by atoms with Crippen molar-refractivity contribution in [2.24, 2.45) is 17.6 Å². The third kappa shape index (κ3) is 3.06. The van der Waals surface area contributed by atoms with Gasteiger partial charge in [-0.25, -0.2) is 0 Å². The minimum Gasteiger partial charge on any atom is -0.510 e. The first-order valence-electron chi connectivity index (χ1n) is 10.9. The summed E-state index contributed by atoms with van der Waals surface area (Å²) in [6.45, 7) is 1.88. The van der Waals surface area contributed by atoms with Crippen molar-refractivity contribution < 1.29 is 34.8 Å². The minimum atomic E-state index is -2.64. The number of phenolic OH excluding ortho intramolecular Hbond substituents is 1. The molecule has 3 aliphatic rings. The van der Waals surface area contributed by atoms with Gasteiger partial charge < -0.3 is 26.2 Å². The molecule has 0 saturated carbocycles. The Hall–Kier alpha value is -3.61. The molecule has 9 nitrogen and oxygen atoms in total. The van der Waals surface area contributed by atoms with E-state index in [1.165, 1.54) is 11.0 Å². The first-order chi connectivity index (χ1) is 16.0. The lowest BCUT2D eigenvalue weighted by Crippen LogP contribution is -2.63. The summed E-state index contributed by atoms with van der Waals surface area (Å²) in [6, 6.07) is 1.95. The summed E-state index contributed by atoms with van der Waals surface area (Å²) in [4.78, 5) is 40.2. The number of hydrogen-bond donors (Lipinski definition) is 5. The van der Waals surface area contributed by atoms with E-state index in [1.54, 1.807) is 20.2 Å². The summed E-state index contributed by atoms with van der Waals surface area (Å²) in [6.07, 6.45) is 0.854. The molecule has 1 aromatic rings. The van der Waals surface area contributed by atoms with Crippen molar-refractivity contribution in [1.29, 1.82) is 0 Å². The highest BCUT2D eigenvalue weighted by Crippen LogP contribution is 2.52. The molecular weight excluding hydrogens is 440 g/mol. The van der Waals surface area contributed by atoms with E-state index in [2.05, 4.69) is 11.8 Å². The fourth-order valence-electron chi connectivity index (χ4n) is 5.55. The molecule has 6 N–H and O–H groups in total. The number of aliphatic hydroxyl groups is 3. The number of phenols is 1. The zero-order chi connectivity index (χ0) is 25.1. The van der Waals surface area contributed by atoms with Crippen LogP contribution in [0.4, 0.5) is 0 Å². The lowest BCUT2D eigenvalue weighted by molar-refractivity contribution is -0.148. The summed E-state index contributed by atoms with van der Waals surface area (Å²) in [5, 5.41) is 44.0. The fourth-order valence-corrected chi connectivity index (χ4v) is 5.55. The molecule has 0 heterocycles. The van der Waals surface area contributed by atoms with Crippen molar-refractivity contribution in [3.8, 4) is 17.6 Å². The van der Waals surface area contributed by atoms with Crippen molar-refractivity contribution in [2.75, 3.05) is 14.1 Å². The van der Waals surface area contributed by atoms with Crippen LogP contribution >= 0.6 is 0 Å². The molecule has 9 heteroatoms. The number of ketones is 2. The number of benzene rings is 1. The van der Waals surface area contributed by atoms with E-state index in [0.29, 0.717) is 17.5 Å². The second kappa shape index (κ2) is 8.01. The Labute approximate surface area is 196 Å². The topological polar surface area (TPSA) is 161 Å². The molecule has 4 atom stereocenters. The number of nitrogens with zero attached hydrogens (tertiary/aromatic N) is 1. The Kier molecular flexibility index (Phi) is 5.55. The number of hydrogen-bond acceptors (Lipinski definition) is 8. The van der Waals surface area contributed by atoms with Crippen molar-refractivity contribution in [3.63, 3.8) is 0 Å². The molecule has 0 aromatic heterocycles. The lowest BCUT2D eigenvalue weighted by atomic mass is 9.58. The standard InChI is InChI=1S/C25H26N2O7/c1-4-5-6-11-7-8-15(28)17-13(11)9-12-10-14-19(27(2)3)21(30)18(24(26)33)23(32)25(14,34)22(31)16(12)20(17)29/h7-8,12,14,19,28,30-31,34H,4,9-10H2,1-3H3,(H2,26,33)/t12-,14+,19+,25-/m0/s1. The van der Waals surface area contributed by atoms with Crippen LogP contribution in [0.3, 0.4) is 0 Å². The van der Waals surface area contributed by atoms with E-state index in [4.69, 9.17) is 5.73 Å². The van der Waals surface area contributed by atoms with Gasteiger partial charge in [0.2, 0.25) is 5.78 Å². The average Bonchev–Trinajstić information content (AvgIpc) is 2.75. The SMILES string of the molecule is CCC#Cc1ccc(O)c2c1C[C@H]1C[C@@H]3[C@@H](N(C)C)C(O)=C(C(N)=O)C(=O)[C@@]3(O)C(O)=C1C2=O. The molecule has 0 radical (unpaired) electrons. The molecule has 4 rings (SSSR count). The molecule has 1 aromatic carbocycles. The maximum atomic E-state index is 13.5. The fraction of sp³-hybridized carbons (Fsp3) is 0.400. The number of nitrogens with two attached hydrogens (primary N) is 1. The van der Waals surface area contributed by atoms with Crippen molar-refractivity contribution in [2.45, 2.75) is 37.8 Å². The van der Waals surface area contributed by atoms with Gasteiger partial charge in [-0.15, -0.1) is 0 Å². The Morgan fingerprint density at radius 1 is 1.24 bits per heavy atom. The van der Waals surface area contributed by atoms with Crippen molar-refractivity contribution >= 4 is 17.5 Å². The third-order valence-corrected chi connectivity index (χ3v) is 7.01. The van der Waals surface area contributed by atoms with E-state index in [-0.39, 0.29) is 29.7 Å². The van der Waals surface area contributed by atoms with Crippen LogP contribution in [0.15, 0.2) is 34.8 Å². The zero-order valence-corrected chi connectivity index (χ0v) is 19.0. The minimum absolute atomic E-state index is 0.0383. The number of aromatic hydroxyl groups is 1. The Bertz CT molecular complexity index is 1260. The average molecular weight is 466 g/mol. The second-order valence-electron chi connectivity index (χ2n) is 9.10. The van der Waals surface area contributed by atoms with Gasteiger partial charge in [0.05, 0.1) is 11.6 Å². The summed E-state index contributed by atoms with van der Waals surface area (Å²) in [5.74, 6) is -0.720. The number of likely N-dealkylation sites (N-methyl/N-ethyl adjacent to an activating group) is 1. The van der Waals surface area contributed by atoms with Crippen LogP contribution in [0, 0.1) is 23.7 Å². The van der Waals surface area contributed by atoms with Crippen molar-refractivity contribution in [1.82, 2.24) is 4.90 Å². The number of fused-ring (bicyclic) bond motifs is 3. The van der Waals surface area contributed by atoms with Gasteiger partial charge in [-0.2, -0.15) is 0 Å². The van der Waals surface area contributed by atoms with E-state index < -0.39 is 58.0 Å². The van der Waals surface area contributed by atoms with Crippen LogP contribution in [0.1, 0.15) is 41.3 Å². The van der Waals surface area contributed by atoms with Gasteiger partial charge in [-0.05, 0) is 50.6 Å². The van der Waals surface area contributed by atoms with Gasteiger partial charge in [-0.3, -0.25) is 19.3 Å². The quantitative estimate of drug-likeness (QED) is 0.317. The Morgan fingerprint density at radius 3 is 2.50 bits per heavy atom. The Morgan fingerprint density at radius 2 is 1.91 bits per heavy atom.